The topological polar surface area (TPSA) is 67.2 Å². The van der Waals surface area contributed by atoms with Crippen LogP contribution in [0, 0.1) is 0 Å². The van der Waals surface area contributed by atoms with Crippen LogP contribution < -0.4 is 10.9 Å². The quantitative estimate of drug-likeness (QED) is 0.551. The van der Waals surface area contributed by atoms with Crippen molar-refractivity contribution in [2.45, 2.75) is 72.1 Å². The van der Waals surface area contributed by atoms with E-state index in [0.29, 0.717) is 36.2 Å². The third-order valence-corrected chi connectivity index (χ3v) is 5.34. The number of fused-ring (bicyclic) bond motifs is 1. The van der Waals surface area contributed by atoms with Gasteiger partial charge < -0.3 is 10.2 Å². The lowest BCUT2D eigenvalue weighted by Crippen LogP contribution is -2.50. The van der Waals surface area contributed by atoms with E-state index in [4.69, 9.17) is 4.98 Å². The third kappa shape index (κ3) is 5.36. The summed E-state index contributed by atoms with van der Waals surface area (Å²) in [6, 6.07) is 16.8. The van der Waals surface area contributed by atoms with Crippen LogP contribution in [0.5, 0.6) is 0 Å². The predicted molar refractivity (Wildman–Crippen MR) is 130 cm³/mol. The average molecular weight is 435 g/mol. The number of aromatic nitrogens is 2. The summed E-state index contributed by atoms with van der Waals surface area (Å²) >= 11 is 0. The van der Waals surface area contributed by atoms with Crippen LogP contribution in [-0.4, -0.2) is 26.0 Å². The van der Waals surface area contributed by atoms with Crippen molar-refractivity contribution in [3.8, 4) is 0 Å². The molecule has 6 heteroatoms. The Labute approximate surface area is 190 Å². The summed E-state index contributed by atoms with van der Waals surface area (Å²) in [5.74, 6) is 0.637. The average Bonchev–Trinajstić information content (AvgIpc) is 2.75. The first-order valence-electron chi connectivity index (χ1n) is 11.4. The molecule has 1 heterocycles. The highest BCUT2D eigenvalue weighted by Crippen LogP contribution is 2.26. The maximum Gasteiger partial charge on any atom is 0.318 e. The fourth-order valence-corrected chi connectivity index (χ4v) is 3.92. The van der Waals surface area contributed by atoms with E-state index < -0.39 is 0 Å². The van der Waals surface area contributed by atoms with Gasteiger partial charge in [0.05, 0.1) is 16.9 Å². The van der Waals surface area contributed by atoms with E-state index >= 15 is 0 Å². The van der Waals surface area contributed by atoms with Gasteiger partial charge in [-0.15, -0.1) is 0 Å². The normalized spacial score (nSPS) is 12.5. The van der Waals surface area contributed by atoms with Gasteiger partial charge in [0.1, 0.15) is 5.82 Å². The van der Waals surface area contributed by atoms with Gasteiger partial charge in [-0.1, -0.05) is 56.3 Å². The number of amides is 2. The van der Waals surface area contributed by atoms with Crippen LogP contribution in [0.2, 0.25) is 0 Å². The molecular formula is C26H34N4O2. The second kappa shape index (κ2) is 9.98. The smallest absolute Gasteiger partial charge is 0.318 e. The van der Waals surface area contributed by atoms with E-state index in [9.17, 15) is 9.59 Å². The molecule has 0 bridgehead atoms. The Hall–Kier alpha value is -3.15. The molecule has 0 spiro atoms. The van der Waals surface area contributed by atoms with Gasteiger partial charge in [0.25, 0.3) is 5.56 Å². The first-order valence-corrected chi connectivity index (χ1v) is 11.4. The molecule has 32 heavy (non-hydrogen) atoms. The zero-order chi connectivity index (χ0) is 23.3. The Bertz CT molecular complexity index is 1120. The lowest BCUT2D eigenvalue weighted by atomic mass is 10.1. The Morgan fingerprint density at radius 2 is 1.72 bits per heavy atom. The van der Waals surface area contributed by atoms with Crippen molar-refractivity contribution in [2.75, 3.05) is 0 Å². The monoisotopic (exact) mass is 434 g/mol. The number of hydrogen-bond acceptors (Lipinski definition) is 3. The van der Waals surface area contributed by atoms with Crippen LogP contribution in [-0.2, 0) is 13.1 Å². The van der Waals surface area contributed by atoms with Gasteiger partial charge in [-0.05, 0) is 51.3 Å². The predicted octanol–water partition coefficient (Wildman–Crippen LogP) is 5.27. The molecule has 2 aromatic carbocycles. The minimum absolute atomic E-state index is 0.0539. The van der Waals surface area contributed by atoms with E-state index in [0.717, 1.165) is 12.0 Å². The largest absolute Gasteiger partial charge is 0.333 e. The van der Waals surface area contributed by atoms with Crippen molar-refractivity contribution in [3.05, 3.63) is 76.3 Å². The van der Waals surface area contributed by atoms with Gasteiger partial charge in [-0.25, -0.2) is 9.78 Å². The van der Waals surface area contributed by atoms with Gasteiger partial charge >= 0.3 is 6.03 Å². The fourth-order valence-electron chi connectivity index (χ4n) is 3.92. The Balaban J connectivity index is 2.15. The molecule has 170 valence electrons. The van der Waals surface area contributed by atoms with E-state index in [1.165, 1.54) is 0 Å². The highest BCUT2D eigenvalue weighted by molar-refractivity contribution is 5.78. The van der Waals surface area contributed by atoms with E-state index in [1.807, 2.05) is 94.1 Å². The number of nitrogens with one attached hydrogen (secondary N) is 1. The lowest BCUT2D eigenvalue weighted by molar-refractivity contribution is 0.154. The Morgan fingerprint density at radius 1 is 1.06 bits per heavy atom. The van der Waals surface area contributed by atoms with E-state index in [-0.39, 0.29) is 23.2 Å². The molecule has 1 unspecified atom stereocenters. The van der Waals surface area contributed by atoms with Crippen molar-refractivity contribution in [1.29, 1.82) is 0 Å². The lowest BCUT2D eigenvalue weighted by Gasteiger charge is -2.35. The summed E-state index contributed by atoms with van der Waals surface area (Å²) in [6.45, 7) is 11.0. The molecular weight excluding hydrogens is 400 g/mol. The van der Waals surface area contributed by atoms with Crippen LogP contribution in [0.4, 0.5) is 4.79 Å². The van der Waals surface area contributed by atoms with Crippen molar-refractivity contribution in [2.24, 2.45) is 0 Å². The van der Waals surface area contributed by atoms with Crippen molar-refractivity contribution < 1.29 is 4.79 Å². The van der Waals surface area contributed by atoms with Gasteiger partial charge in [0.2, 0.25) is 0 Å². The van der Waals surface area contributed by atoms with Gasteiger partial charge in [0, 0.05) is 18.6 Å². The molecule has 0 aliphatic heterocycles. The number of urea groups is 1. The molecule has 2 amide bonds. The van der Waals surface area contributed by atoms with Crippen LogP contribution in [0.1, 0.15) is 64.9 Å². The van der Waals surface area contributed by atoms with Gasteiger partial charge in [-0.3, -0.25) is 9.36 Å². The van der Waals surface area contributed by atoms with Crippen molar-refractivity contribution >= 4 is 16.9 Å². The maximum atomic E-state index is 13.5. The minimum atomic E-state index is -0.385. The number of benzene rings is 2. The molecule has 1 atom stereocenters. The highest BCUT2D eigenvalue weighted by atomic mass is 16.2. The second-order valence-electron chi connectivity index (χ2n) is 9.16. The fraction of sp³-hybridized carbons (Fsp3) is 0.423. The summed E-state index contributed by atoms with van der Waals surface area (Å²) in [5, 5.41) is 3.70. The zero-order valence-corrected chi connectivity index (χ0v) is 19.8. The van der Waals surface area contributed by atoms with Crippen LogP contribution in [0.3, 0.4) is 0 Å². The summed E-state index contributed by atoms with van der Waals surface area (Å²) in [5.41, 5.74) is 1.25. The highest BCUT2D eigenvalue weighted by Gasteiger charge is 2.30. The van der Waals surface area contributed by atoms with Gasteiger partial charge in [-0.2, -0.15) is 0 Å². The first-order chi connectivity index (χ1) is 15.2. The summed E-state index contributed by atoms with van der Waals surface area (Å²) in [6.07, 6.45) is 1.44. The minimum Gasteiger partial charge on any atom is -0.333 e. The number of carbonyl (C=O) groups is 1. The summed E-state index contributed by atoms with van der Waals surface area (Å²) < 4.78 is 1.75. The van der Waals surface area contributed by atoms with Crippen molar-refractivity contribution in [1.82, 2.24) is 19.8 Å². The van der Waals surface area contributed by atoms with E-state index in [1.54, 1.807) is 4.57 Å². The standard InChI is InChI=1S/C26H34N4O2/c1-6-17-29-23(27-21-16-12-11-15-20(21)24(29)31)22(7-2)30(25(32)28-26(3,4)5)18-19-13-9-8-10-14-19/h8-16,22H,6-7,17-18H2,1-5H3,(H,28,32). The molecule has 3 rings (SSSR count). The summed E-state index contributed by atoms with van der Waals surface area (Å²) in [4.78, 5) is 33.5. The SMILES string of the molecule is CCCn1c(C(CC)N(Cc2ccccc2)C(=O)NC(C)(C)C)nc2ccccc2c1=O. The molecule has 0 aliphatic carbocycles. The Morgan fingerprint density at radius 3 is 2.34 bits per heavy atom. The number of hydrogen-bond donors (Lipinski definition) is 1. The number of nitrogens with zero attached hydrogens (tertiary/aromatic N) is 3. The van der Waals surface area contributed by atoms with E-state index in [2.05, 4.69) is 5.32 Å². The molecule has 1 aromatic heterocycles. The zero-order valence-electron chi connectivity index (χ0n) is 19.8. The third-order valence-electron chi connectivity index (χ3n) is 5.34. The molecule has 0 fully saturated rings. The second-order valence-corrected chi connectivity index (χ2v) is 9.16. The molecule has 3 aromatic rings. The van der Waals surface area contributed by atoms with Crippen LogP contribution in [0.15, 0.2) is 59.4 Å². The van der Waals surface area contributed by atoms with Gasteiger partial charge in [0.15, 0.2) is 0 Å². The van der Waals surface area contributed by atoms with Crippen LogP contribution in [0.25, 0.3) is 10.9 Å². The number of para-hydroxylation sites is 1. The molecule has 0 radical (unpaired) electrons. The summed E-state index contributed by atoms with van der Waals surface area (Å²) in [7, 11) is 0. The first kappa shape index (κ1) is 23.5. The molecule has 1 N–H and O–H groups in total. The molecule has 0 saturated carbocycles. The molecule has 0 saturated heterocycles. The molecule has 0 aliphatic rings. The number of rotatable bonds is 7. The van der Waals surface area contributed by atoms with Crippen molar-refractivity contribution in [3.63, 3.8) is 0 Å². The Kier molecular flexibility index (Phi) is 7.33. The van der Waals surface area contributed by atoms with Crippen LogP contribution >= 0.6 is 0 Å². The molecule has 6 nitrogen and oxygen atoms in total. The maximum absolute atomic E-state index is 13.5. The number of carbonyl (C=O) groups excluding carboxylic acids is 1.